The Morgan fingerprint density at radius 1 is 0.894 bits per heavy atom. The number of hydrogen-bond donors (Lipinski definition) is 1. The minimum absolute atomic E-state index is 0.000158. The molecule has 9 nitrogen and oxygen atoms in total. The molecule has 1 fully saturated rings. The van der Waals surface area contributed by atoms with Gasteiger partial charge in [0.25, 0.3) is 5.24 Å². The topological polar surface area (TPSA) is 106 Å². The van der Waals surface area contributed by atoms with E-state index >= 15 is 0 Å². The van der Waals surface area contributed by atoms with Crippen molar-refractivity contribution in [3.05, 3.63) is 30.1 Å². The van der Waals surface area contributed by atoms with Crippen LogP contribution in [0, 0.1) is 0 Å². The number of rotatable bonds is 24. The van der Waals surface area contributed by atoms with E-state index in [0.717, 1.165) is 55.7 Å². The van der Waals surface area contributed by atoms with Crippen molar-refractivity contribution in [3.8, 4) is 0 Å². The van der Waals surface area contributed by atoms with Crippen LogP contribution in [0.5, 0.6) is 0 Å². The number of amides is 3. The van der Waals surface area contributed by atoms with Crippen LogP contribution in [-0.4, -0.2) is 59.0 Å². The van der Waals surface area contributed by atoms with Crippen LogP contribution in [0.25, 0.3) is 0 Å². The zero-order valence-electron chi connectivity index (χ0n) is 29.5. The first-order chi connectivity index (χ1) is 22.8. The summed E-state index contributed by atoms with van der Waals surface area (Å²) in [4.78, 5) is 49.9. The first-order valence-electron chi connectivity index (χ1n) is 18.3. The Bertz CT molecular complexity index is 1050. The molecule has 0 saturated carbocycles. The Kier molecular flexibility index (Phi) is 22.1. The molecule has 1 aliphatic rings. The Balaban J connectivity index is 1.52. The maximum absolute atomic E-state index is 12.9. The largest absolute Gasteiger partial charge is 0.446 e. The number of unbranched alkanes of at least 4 members (excludes halogenated alkanes) is 14. The average Bonchev–Trinajstić information content (AvgIpc) is 3.06. The van der Waals surface area contributed by atoms with Crippen LogP contribution >= 0.6 is 11.8 Å². The van der Waals surface area contributed by atoms with Gasteiger partial charge >= 0.3 is 6.09 Å². The molecule has 1 saturated heterocycles. The molecule has 1 N–H and O–H groups in total. The van der Waals surface area contributed by atoms with Crippen molar-refractivity contribution in [1.82, 2.24) is 10.2 Å². The first kappa shape index (κ1) is 40.7. The van der Waals surface area contributed by atoms with Gasteiger partial charge in [0.15, 0.2) is 6.20 Å². The van der Waals surface area contributed by atoms with Crippen LogP contribution in [0.4, 0.5) is 9.59 Å². The molecule has 10 heteroatoms. The summed E-state index contributed by atoms with van der Waals surface area (Å²) in [5.41, 5.74) is 0.837. The van der Waals surface area contributed by atoms with Crippen LogP contribution in [-0.2, 0) is 32.2 Å². The van der Waals surface area contributed by atoms with Crippen molar-refractivity contribution < 1.29 is 33.2 Å². The molecule has 3 amide bonds. The molecule has 2 unspecified atom stereocenters. The molecule has 1 aromatic heterocycles. The molecular weight excluding hydrogens is 614 g/mol. The van der Waals surface area contributed by atoms with Gasteiger partial charge in [-0.05, 0) is 39.5 Å². The van der Waals surface area contributed by atoms with Crippen LogP contribution in [0.15, 0.2) is 24.4 Å². The second-order valence-electron chi connectivity index (χ2n) is 12.8. The number of carbonyl (C=O) groups is 4. The number of pyridine rings is 1. The predicted octanol–water partition coefficient (Wildman–Crippen LogP) is 8.30. The van der Waals surface area contributed by atoms with Crippen molar-refractivity contribution in [1.29, 1.82) is 0 Å². The minimum Gasteiger partial charge on any atom is -0.446 e. The van der Waals surface area contributed by atoms with E-state index in [0.29, 0.717) is 18.9 Å². The number of thioether (sulfide) groups is 1. The van der Waals surface area contributed by atoms with E-state index < -0.39 is 12.2 Å². The van der Waals surface area contributed by atoms with Crippen molar-refractivity contribution in [2.45, 2.75) is 161 Å². The highest BCUT2D eigenvalue weighted by Crippen LogP contribution is 2.27. The molecule has 0 spiro atoms. The summed E-state index contributed by atoms with van der Waals surface area (Å²) in [7, 11) is 0. The molecule has 0 radical (unpaired) electrons. The van der Waals surface area contributed by atoms with Crippen LogP contribution < -0.4 is 9.88 Å². The quantitative estimate of drug-likeness (QED) is 0.0867. The number of hydrogen-bond acceptors (Lipinski definition) is 7. The monoisotopic (exact) mass is 676 g/mol. The van der Waals surface area contributed by atoms with Crippen LogP contribution in [0.2, 0.25) is 0 Å². The van der Waals surface area contributed by atoms with E-state index in [-0.39, 0.29) is 29.5 Å². The summed E-state index contributed by atoms with van der Waals surface area (Å²) >= 11 is 1.23. The number of nitrogens with one attached hydrogen (secondary N) is 1. The standard InChI is InChI=1S/C37H61N3O6S/c1-4-39-27-21-19-24-33(39)29-40(32(3)42)37(44)46-30-34-35(25-22-28-45-34)47-36(43)38-26-20-17-15-13-11-9-7-5-6-8-10-12-14-16-18-23-31(2)41/h19,21,24,27,34-35H,4-18,20,22-23,25-26,28-30H2,1-3H3/p+1. The van der Waals surface area contributed by atoms with E-state index in [4.69, 9.17) is 9.47 Å². The highest BCUT2D eigenvalue weighted by Gasteiger charge is 2.31. The second kappa shape index (κ2) is 25.5. The maximum atomic E-state index is 12.9. The van der Waals surface area contributed by atoms with E-state index in [1.54, 1.807) is 6.92 Å². The Morgan fingerprint density at radius 3 is 2.06 bits per heavy atom. The normalized spacial score (nSPS) is 16.1. The first-order valence-corrected chi connectivity index (χ1v) is 19.2. The summed E-state index contributed by atoms with van der Waals surface area (Å²) in [6.07, 6.45) is 21.9. The third kappa shape index (κ3) is 18.6. The fourth-order valence-corrected chi connectivity index (χ4v) is 6.98. The summed E-state index contributed by atoms with van der Waals surface area (Å²) in [6.45, 7) is 7.12. The van der Waals surface area contributed by atoms with Gasteiger partial charge in [-0.3, -0.25) is 9.59 Å². The number of ketones is 1. The number of imide groups is 1. The van der Waals surface area contributed by atoms with E-state index in [1.165, 1.54) is 95.7 Å². The van der Waals surface area contributed by atoms with Gasteiger partial charge in [-0.15, -0.1) is 0 Å². The van der Waals surface area contributed by atoms with Crippen molar-refractivity contribution in [3.63, 3.8) is 0 Å². The molecule has 2 rings (SSSR count). The highest BCUT2D eigenvalue weighted by molar-refractivity contribution is 8.14. The fraction of sp³-hybridized carbons (Fsp3) is 0.757. The molecule has 0 aliphatic carbocycles. The lowest BCUT2D eigenvalue weighted by atomic mass is 10.0. The fourth-order valence-electron chi connectivity index (χ4n) is 5.93. The zero-order chi connectivity index (χ0) is 34.1. The maximum Gasteiger partial charge on any atom is 0.417 e. The number of aromatic nitrogens is 1. The molecule has 0 aromatic carbocycles. The van der Waals surface area contributed by atoms with Crippen molar-refractivity contribution >= 4 is 34.8 Å². The zero-order valence-corrected chi connectivity index (χ0v) is 30.3. The molecular formula is C37H62N3O6S+. The smallest absolute Gasteiger partial charge is 0.417 e. The predicted molar refractivity (Wildman–Crippen MR) is 188 cm³/mol. The lowest BCUT2D eigenvalue weighted by Gasteiger charge is -2.30. The van der Waals surface area contributed by atoms with Gasteiger partial charge in [-0.2, -0.15) is 0 Å². The Labute approximate surface area is 288 Å². The van der Waals surface area contributed by atoms with Gasteiger partial charge in [0, 0.05) is 43.9 Å². The lowest BCUT2D eigenvalue weighted by Crippen LogP contribution is -2.44. The van der Waals surface area contributed by atoms with E-state index in [2.05, 4.69) is 5.32 Å². The molecule has 2 heterocycles. The van der Waals surface area contributed by atoms with Gasteiger partial charge in [-0.1, -0.05) is 101 Å². The summed E-state index contributed by atoms with van der Waals surface area (Å²) < 4.78 is 13.4. The Hall–Kier alpha value is -2.46. The third-order valence-electron chi connectivity index (χ3n) is 8.78. The Morgan fingerprint density at radius 2 is 1.49 bits per heavy atom. The third-order valence-corrected chi connectivity index (χ3v) is 9.98. The molecule has 47 heavy (non-hydrogen) atoms. The lowest BCUT2D eigenvalue weighted by molar-refractivity contribution is -0.701. The number of aryl methyl sites for hydroxylation is 1. The number of Topliss-reactive ketones (excluding diaryl/α,β-unsaturated/α-hetero) is 1. The molecule has 0 bridgehead atoms. The van der Waals surface area contributed by atoms with Crippen molar-refractivity contribution in [2.24, 2.45) is 0 Å². The SMILES string of the molecule is CC[n+]1ccccc1CN(C(C)=O)C(=O)OCC1OCCCC1SC(=O)NCCCCCCCCCCCCCCCCCC(C)=O. The molecule has 1 aromatic rings. The summed E-state index contributed by atoms with van der Waals surface area (Å²) in [5, 5.41) is 2.86. The van der Waals surface area contributed by atoms with Gasteiger partial charge in [0.05, 0.1) is 0 Å². The van der Waals surface area contributed by atoms with E-state index in [9.17, 15) is 19.2 Å². The molecule has 266 valence electrons. The summed E-state index contributed by atoms with van der Waals surface area (Å²) in [6, 6.07) is 5.68. The second-order valence-corrected chi connectivity index (χ2v) is 14.0. The van der Waals surface area contributed by atoms with E-state index in [1.807, 2.05) is 35.9 Å². The van der Waals surface area contributed by atoms with Gasteiger partial charge in [0.1, 0.15) is 31.6 Å². The average molecular weight is 677 g/mol. The number of nitrogens with zero attached hydrogens (tertiary/aromatic N) is 2. The number of carbonyl (C=O) groups excluding carboxylic acids is 4. The number of ether oxygens (including phenoxy) is 2. The van der Waals surface area contributed by atoms with Gasteiger partial charge in [-0.25, -0.2) is 14.3 Å². The van der Waals surface area contributed by atoms with Gasteiger partial charge in [0.2, 0.25) is 11.6 Å². The minimum atomic E-state index is -0.702. The summed E-state index contributed by atoms with van der Waals surface area (Å²) in [5.74, 6) is -0.0717. The van der Waals surface area contributed by atoms with Crippen LogP contribution in [0.3, 0.4) is 0 Å². The van der Waals surface area contributed by atoms with Crippen LogP contribution in [0.1, 0.15) is 142 Å². The molecule has 2 atom stereocenters. The highest BCUT2D eigenvalue weighted by atomic mass is 32.2. The molecule has 1 aliphatic heterocycles. The van der Waals surface area contributed by atoms with Gasteiger partial charge < -0.3 is 19.6 Å². The van der Waals surface area contributed by atoms with Crippen molar-refractivity contribution in [2.75, 3.05) is 19.8 Å².